The number of nitrogens with zero attached hydrogens (tertiary/aromatic N) is 2. The third-order valence-corrected chi connectivity index (χ3v) is 13.6. The molecule has 0 bridgehead atoms. The van der Waals surface area contributed by atoms with E-state index in [1.165, 1.54) is 85.6 Å². The molecule has 4 aliphatic rings. The van der Waals surface area contributed by atoms with E-state index in [1.54, 1.807) is 0 Å². The highest BCUT2D eigenvalue weighted by Crippen LogP contribution is 2.59. The Bertz CT molecular complexity index is 2880. The minimum atomic E-state index is -0.876. The van der Waals surface area contributed by atoms with Gasteiger partial charge in [-0.15, -0.1) is 0 Å². The maximum atomic E-state index is 7.79. The second kappa shape index (κ2) is 11.7. The Morgan fingerprint density at radius 1 is 0.607 bits per heavy atom. The highest BCUT2D eigenvalue weighted by atomic mass is 16.5. The Labute approximate surface area is 329 Å². The molecule has 7 aromatic carbocycles. The molecule has 7 aromatic rings. The zero-order valence-corrected chi connectivity index (χ0v) is 32.5. The molecule has 2 aliphatic heterocycles. The van der Waals surface area contributed by atoms with Crippen LogP contribution >= 0.6 is 0 Å². The van der Waals surface area contributed by atoms with Crippen molar-refractivity contribution in [3.8, 4) is 28.0 Å². The van der Waals surface area contributed by atoms with Gasteiger partial charge in [-0.25, -0.2) is 4.85 Å². The molecule has 0 amide bonds. The third kappa shape index (κ3) is 4.45. The molecule has 0 spiro atoms. The van der Waals surface area contributed by atoms with E-state index in [0.717, 1.165) is 40.9 Å². The molecule has 2 heterocycles. The van der Waals surface area contributed by atoms with Gasteiger partial charge in [-0.2, -0.15) is 0 Å². The molecule has 2 aliphatic carbocycles. The molecule has 1 saturated heterocycles. The number of ether oxygens (including phenoxy) is 1. The Balaban J connectivity index is 1.14. The van der Waals surface area contributed by atoms with Gasteiger partial charge in [0.15, 0.2) is 11.3 Å². The van der Waals surface area contributed by atoms with E-state index in [-0.39, 0.29) is 10.8 Å². The maximum Gasteiger partial charge on any atom is 0.187 e. The van der Waals surface area contributed by atoms with Crippen LogP contribution in [0, 0.1) is 6.57 Å². The van der Waals surface area contributed by atoms with Crippen LogP contribution in [0.15, 0.2) is 127 Å². The second-order valence-electron chi connectivity index (χ2n) is 17.4. The summed E-state index contributed by atoms with van der Waals surface area (Å²) < 4.78 is 7.78. The van der Waals surface area contributed by atoms with Gasteiger partial charge < -0.3 is 9.64 Å². The van der Waals surface area contributed by atoms with Crippen LogP contribution in [-0.2, 0) is 16.4 Å². The van der Waals surface area contributed by atoms with Crippen LogP contribution in [0.3, 0.4) is 0 Å². The molecule has 272 valence electrons. The van der Waals surface area contributed by atoms with Crippen LogP contribution in [-0.4, -0.2) is 13.1 Å². The molecule has 56 heavy (non-hydrogen) atoms. The average molecular weight is 725 g/mol. The second-order valence-corrected chi connectivity index (χ2v) is 17.4. The van der Waals surface area contributed by atoms with Gasteiger partial charge in [0, 0.05) is 51.7 Å². The van der Waals surface area contributed by atoms with Crippen molar-refractivity contribution in [2.24, 2.45) is 0 Å². The van der Waals surface area contributed by atoms with Crippen LogP contribution in [0.4, 0.5) is 11.4 Å². The molecule has 1 fully saturated rings. The normalized spacial score (nSPS) is 19.4. The Hall–Kier alpha value is -6.11. The summed E-state index contributed by atoms with van der Waals surface area (Å²) >= 11 is 0. The molecular weight excluding hydrogens is 681 g/mol. The lowest BCUT2D eigenvalue weighted by Gasteiger charge is -2.39. The minimum absolute atomic E-state index is 0.204. The summed E-state index contributed by atoms with van der Waals surface area (Å²) in [6, 6.07) is 44.7. The van der Waals surface area contributed by atoms with E-state index in [4.69, 9.17) is 11.3 Å². The van der Waals surface area contributed by atoms with Crippen LogP contribution in [0.1, 0.15) is 85.9 Å². The number of anilines is 1. The predicted molar refractivity (Wildman–Crippen MR) is 232 cm³/mol. The van der Waals surface area contributed by atoms with Crippen LogP contribution < -0.4 is 9.64 Å². The van der Waals surface area contributed by atoms with Crippen molar-refractivity contribution in [2.45, 2.75) is 63.4 Å². The summed E-state index contributed by atoms with van der Waals surface area (Å²) in [5, 5.41) is 4.90. The van der Waals surface area contributed by atoms with Gasteiger partial charge in [0.2, 0.25) is 0 Å². The molecule has 1 atom stereocenters. The van der Waals surface area contributed by atoms with Crippen LogP contribution in [0.25, 0.3) is 54.7 Å². The molecule has 0 saturated carbocycles. The van der Waals surface area contributed by atoms with Crippen molar-refractivity contribution >= 4 is 39.0 Å². The largest absolute Gasteiger partial charge is 0.472 e. The van der Waals surface area contributed by atoms with Crippen molar-refractivity contribution in [3.63, 3.8) is 0 Å². The summed E-state index contributed by atoms with van der Waals surface area (Å²) in [4.78, 5) is 6.35. The van der Waals surface area contributed by atoms with Gasteiger partial charge >= 0.3 is 0 Å². The predicted octanol–water partition coefficient (Wildman–Crippen LogP) is 13.5. The number of piperidine rings is 1. The quantitative estimate of drug-likeness (QED) is 0.169. The maximum absolute atomic E-state index is 7.79. The lowest BCUT2D eigenvalue weighted by molar-refractivity contribution is 0.163. The molecular formula is C53H44N2O. The highest BCUT2D eigenvalue weighted by molar-refractivity contribution is 6.08. The zero-order chi connectivity index (χ0) is 38.0. The molecule has 3 nitrogen and oxygen atoms in total. The Kier molecular flexibility index (Phi) is 6.95. The Morgan fingerprint density at radius 3 is 2.05 bits per heavy atom. The van der Waals surface area contributed by atoms with E-state index in [9.17, 15) is 0 Å². The number of fused-ring (bicyclic) bond motifs is 13. The van der Waals surface area contributed by atoms with Crippen LogP contribution in [0.2, 0.25) is 0 Å². The summed E-state index contributed by atoms with van der Waals surface area (Å²) in [7, 11) is 0. The number of hydrogen-bond acceptors (Lipinski definition) is 2. The standard InChI is InChI=1S/C53H44N2O/c1-51(2)45-31-35(20-25-39(45)41-24-17-33-13-7-8-14-38(33)48(41)51)53(34-18-22-37(23-19-34)55-29-11-6-12-30-55)28-27-44-49-47(40-15-9-10-16-42(40)50(44)56-53)43-26-21-36(54-5)32-46(43)52(49,3)4/h7-10,13-28,31-32H,6,11-12,29-30H2,1-4H3. The van der Waals surface area contributed by atoms with E-state index < -0.39 is 5.60 Å². The first-order valence-electron chi connectivity index (χ1n) is 20.2. The van der Waals surface area contributed by atoms with Gasteiger partial charge in [-0.1, -0.05) is 137 Å². The molecule has 1 unspecified atom stereocenters. The first-order chi connectivity index (χ1) is 27.2. The fourth-order valence-electron chi connectivity index (χ4n) is 10.9. The zero-order valence-electron chi connectivity index (χ0n) is 32.5. The molecule has 11 rings (SSSR count). The fourth-order valence-corrected chi connectivity index (χ4v) is 10.9. The molecule has 0 aromatic heterocycles. The third-order valence-electron chi connectivity index (χ3n) is 13.6. The van der Waals surface area contributed by atoms with Gasteiger partial charge in [-0.05, 0) is 104 Å². The molecule has 3 heteroatoms. The fraction of sp³-hybridized carbons (Fsp3) is 0.226. The average Bonchev–Trinajstić information content (AvgIpc) is 3.63. The number of benzene rings is 7. The van der Waals surface area contributed by atoms with Crippen molar-refractivity contribution < 1.29 is 4.74 Å². The van der Waals surface area contributed by atoms with Crippen LogP contribution in [0.5, 0.6) is 5.75 Å². The van der Waals surface area contributed by atoms with E-state index in [1.807, 2.05) is 6.07 Å². The highest BCUT2D eigenvalue weighted by Gasteiger charge is 2.46. The molecule has 0 N–H and O–H groups in total. The Morgan fingerprint density at radius 2 is 1.27 bits per heavy atom. The summed E-state index contributed by atoms with van der Waals surface area (Å²) in [6.45, 7) is 19.4. The number of rotatable bonds is 3. The van der Waals surface area contributed by atoms with Gasteiger partial charge in [0.1, 0.15) is 5.75 Å². The van der Waals surface area contributed by atoms with E-state index in [0.29, 0.717) is 5.69 Å². The lowest BCUT2D eigenvalue weighted by Crippen LogP contribution is -2.35. The minimum Gasteiger partial charge on any atom is -0.472 e. The van der Waals surface area contributed by atoms with Crippen molar-refractivity contribution in [1.29, 1.82) is 0 Å². The lowest BCUT2D eigenvalue weighted by atomic mass is 9.75. The monoisotopic (exact) mass is 724 g/mol. The smallest absolute Gasteiger partial charge is 0.187 e. The SMILES string of the molecule is [C-]#[N+]c1ccc2c(c1)C(C)(C)c1c3c(c4ccccc4c1-2)OC(c1ccc(N2CCCCC2)cc1)(c1ccc2c(c1)C(C)(C)c1c-2ccc2ccccc12)C=C3. The summed E-state index contributed by atoms with van der Waals surface area (Å²) in [6.07, 6.45) is 8.48. The van der Waals surface area contributed by atoms with Gasteiger partial charge in [0.25, 0.3) is 0 Å². The van der Waals surface area contributed by atoms with Crippen molar-refractivity contribution in [1.82, 2.24) is 0 Å². The number of hydrogen-bond donors (Lipinski definition) is 0. The summed E-state index contributed by atoms with van der Waals surface area (Å²) in [5.74, 6) is 0.919. The van der Waals surface area contributed by atoms with Crippen molar-refractivity contribution in [3.05, 3.63) is 178 Å². The van der Waals surface area contributed by atoms with E-state index >= 15 is 0 Å². The van der Waals surface area contributed by atoms with E-state index in [2.05, 4.69) is 165 Å². The first-order valence-corrected chi connectivity index (χ1v) is 20.2. The topological polar surface area (TPSA) is 16.8 Å². The van der Waals surface area contributed by atoms with Crippen molar-refractivity contribution in [2.75, 3.05) is 18.0 Å². The summed E-state index contributed by atoms with van der Waals surface area (Å²) in [5.41, 5.74) is 14.2. The van der Waals surface area contributed by atoms with Gasteiger partial charge in [-0.3, -0.25) is 0 Å². The van der Waals surface area contributed by atoms with Gasteiger partial charge in [0.05, 0.1) is 6.57 Å². The first kappa shape index (κ1) is 33.2. The molecule has 0 radical (unpaired) electrons.